The minimum Gasteiger partial charge on any atom is -0.367 e. The lowest BCUT2D eigenvalue weighted by Gasteiger charge is -2.05. The minimum atomic E-state index is -0.0437. The molecule has 0 radical (unpaired) electrons. The number of hydrogen-bond donors (Lipinski definition) is 2. The maximum atomic E-state index is 11.6. The Balaban J connectivity index is 1.92. The van der Waals surface area contributed by atoms with Crippen LogP contribution in [0.5, 0.6) is 0 Å². The second-order valence-electron chi connectivity index (χ2n) is 5.13. The molecule has 114 valence electrons. The van der Waals surface area contributed by atoms with Gasteiger partial charge in [0.05, 0.1) is 0 Å². The summed E-state index contributed by atoms with van der Waals surface area (Å²) in [4.78, 5) is 15.4. The number of hydrogen-bond acceptors (Lipinski definition) is 4. The lowest BCUT2D eigenvalue weighted by atomic mass is 10.1. The van der Waals surface area contributed by atoms with E-state index in [0.29, 0.717) is 0 Å². The van der Waals surface area contributed by atoms with Gasteiger partial charge in [-0.05, 0) is 6.42 Å². The van der Waals surface area contributed by atoms with Crippen LogP contribution in [0, 0.1) is 0 Å². The van der Waals surface area contributed by atoms with Crippen LogP contribution < -0.4 is 11.1 Å². The molecule has 1 rings (SSSR count). The summed E-state index contributed by atoms with van der Waals surface area (Å²) in [6.45, 7) is 3.15. The molecular weight excluding hydrogens is 254 g/mol. The third-order valence-corrected chi connectivity index (χ3v) is 3.21. The molecule has 1 heterocycles. The van der Waals surface area contributed by atoms with E-state index in [1.807, 2.05) is 0 Å². The highest BCUT2D eigenvalue weighted by Gasteiger charge is 2.03. The zero-order valence-corrected chi connectivity index (χ0v) is 12.5. The number of anilines is 1. The third kappa shape index (κ3) is 7.76. The summed E-state index contributed by atoms with van der Waals surface area (Å²) in [5.74, 6) is 0.152. The molecular formula is C14H27N5O. The van der Waals surface area contributed by atoms with Gasteiger partial charge in [0.1, 0.15) is 12.9 Å². The Kier molecular flexibility index (Phi) is 8.42. The van der Waals surface area contributed by atoms with Crippen molar-refractivity contribution in [3.63, 3.8) is 0 Å². The van der Waals surface area contributed by atoms with E-state index in [1.54, 1.807) is 0 Å². The van der Waals surface area contributed by atoms with Crippen LogP contribution in [0.2, 0.25) is 0 Å². The number of carbonyl (C=O) groups is 1. The topological polar surface area (TPSA) is 85.8 Å². The second-order valence-corrected chi connectivity index (χ2v) is 5.13. The van der Waals surface area contributed by atoms with Gasteiger partial charge in [0, 0.05) is 6.54 Å². The molecule has 1 amide bonds. The highest BCUT2D eigenvalue weighted by Crippen LogP contribution is 2.07. The zero-order valence-electron chi connectivity index (χ0n) is 12.5. The van der Waals surface area contributed by atoms with Crippen molar-refractivity contribution in [3.8, 4) is 0 Å². The molecule has 3 N–H and O–H groups in total. The fourth-order valence-electron chi connectivity index (χ4n) is 2.07. The van der Waals surface area contributed by atoms with Gasteiger partial charge in [-0.25, -0.2) is 9.67 Å². The molecule has 0 saturated carbocycles. The second kappa shape index (κ2) is 10.2. The van der Waals surface area contributed by atoms with E-state index in [4.69, 9.17) is 5.73 Å². The van der Waals surface area contributed by atoms with Gasteiger partial charge in [0.2, 0.25) is 11.9 Å². The van der Waals surface area contributed by atoms with E-state index < -0.39 is 0 Å². The van der Waals surface area contributed by atoms with Gasteiger partial charge in [-0.15, -0.1) is 5.10 Å². The highest BCUT2D eigenvalue weighted by atomic mass is 16.2. The van der Waals surface area contributed by atoms with Gasteiger partial charge in [-0.1, -0.05) is 51.9 Å². The van der Waals surface area contributed by atoms with Crippen molar-refractivity contribution >= 4 is 11.9 Å². The summed E-state index contributed by atoms with van der Waals surface area (Å²) in [5, 5.41) is 6.75. The van der Waals surface area contributed by atoms with Crippen LogP contribution in [-0.2, 0) is 11.3 Å². The van der Waals surface area contributed by atoms with E-state index in [9.17, 15) is 4.79 Å². The molecule has 0 spiro atoms. The Morgan fingerprint density at radius 1 is 1.20 bits per heavy atom. The van der Waals surface area contributed by atoms with Gasteiger partial charge < -0.3 is 11.1 Å². The summed E-state index contributed by atoms with van der Waals surface area (Å²) in [6.07, 6.45) is 11.6. The Hall–Kier alpha value is -1.59. The van der Waals surface area contributed by atoms with Crippen LogP contribution in [0.4, 0.5) is 5.95 Å². The molecule has 0 atom stereocenters. The fraction of sp³-hybridized carbons (Fsp3) is 0.786. The van der Waals surface area contributed by atoms with Crippen LogP contribution >= 0.6 is 0 Å². The Labute approximate surface area is 121 Å². The first-order valence-electron chi connectivity index (χ1n) is 7.64. The van der Waals surface area contributed by atoms with Gasteiger partial charge in [0.15, 0.2) is 0 Å². The number of rotatable bonds is 11. The summed E-state index contributed by atoms with van der Waals surface area (Å²) in [7, 11) is 0. The Morgan fingerprint density at radius 3 is 2.45 bits per heavy atom. The standard InChI is InChI=1S/C14H27N5O/c1-2-3-4-5-6-7-8-9-10-16-13(20)11-19-12-17-14(15)18-19/h12H,2-11H2,1H3,(H2,15,18)(H,16,20). The summed E-state index contributed by atoms with van der Waals surface area (Å²) >= 11 is 0. The number of carbonyl (C=O) groups excluding carboxylic acids is 1. The number of nitrogens with one attached hydrogen (secondary N) is 1. The SMILES string of the molecule is CCCCCCCCCCNC(=O)Cn1cnc(N)n1. The Morgan fingerprint density at radius 2 is 1.85 bits per heavy atom. The average Bonchev–Trinajstić information content (AvgIpc) is 2.82. The minimum absolute atomic E-state index is 0.0437. The molecule has 0 fully saturated rings. The van der Waals surface area contributed by atoms with Crippen molar-refractivity contribution in [1.82, 2.24) is 20.1 Å². The smallest absolute Gasteiger partial charge is 0.241 e. The van der Waals surface area contributed by atoms with Crippen LogP contribution in [0.25, 0.3) is 0 Å². The van der Waals surface area contributed by atoms with Gasteiger partial charge in [-0.2, -0.15) is 0 Å². The molecule has 6 nitrogen and oxygen atoms in total. The van der Waals surface area contributed by atoms with Crippen molar-refractivity contribution in [2.75, 3.05) is 12.3 Å². The quantitative estimate of drug-likeness (QED) is 0.608. The Bertz CT molecular complexity index is 377. The van der Waals surface area contributed by atoms with Crippen LogP contribution in [0.3, 0.4) is 0 Å². The predicted molar refractivity (Wildman–Crippen MR) is 80.1 cm³/mol. The summed E-state index contributed by atoms with van der Waals surface area (Å²) in [6, 6.07) is 0. The van der Waals surface area contributed by atoms with Crippen LogP contribution in [0.1, 0.15) is 58.3 Å². The fourth-order valence-corrected chi connectivity index (χ4v) is 2.07. The van der Waals surface area contributed by atoms with Crippen molar-refractivity contribution in [2.45, 2.75) is 64.8 Å². The molecule has 0 aromatic carbocycles. The molecule has 20 heavy (non-hydrogen) atoms. The molecule has 0 aliphatic heterocycles. The van der Waals surface area contributed by atoms with Crippen molar-refractivity contribution in [1.29, 1.82) is 0 Å². The number of amides is 1. The lowest BCUT2D eigenvalue weighted by Crippen LogP contribution is -2.28. The predicted octanol–water partition coefficient (Wildman–Crippen LogP) is 2.12. The molecule has 0 aliphatic rings. The van der Waals surface area contributed by atoms with E-state index in [0.717, 1.165) is 13.0 Å². The largest absolute Gasteiger partial charge is 0.367 e. The number of aromatic nitrogens is 3. The normalized spacial score (nSPS) is 10.7. The van der Waals surface area contributed by atoms with Crippen LogP contribution in [0.15, 0.2) is 6.33 Å². The molecule has 0 saturated heterocycles. The average molecular weight is 281 g/mol. The first-order valence-corrected chi connectivity index (χ1v) is 7.64. The molecule has 0 unspecified atom stereocenters. The van der Waals surface area contributed by atoms with E-state index in [1.165, 1.54) is 56.0 Å². The molecule has 0 bridgehead atoms. The van der Waals surface area contributed by atoms with Gasteiger partial charge in [-0.3, -0.25) is 4.79 Å². The molecule has 6 heteroatoms. The molecule has 1 aromatic heterocycles. The summed E-state index contributed by atoms with van der Waals surface area (Å²) in [5.41, 5.74) is 5.38. The zero-order chi connectivity index (χ0) is 14.6. The lowest BCUT2D eigenvalue weighted by molar-refractivity contribution is -0.121. The number of nitrogens with zero attached hydrogens (tertiary/aromatic N) is 3. The maximum absolute atomic E-state index is 11.6. The monoisotopic (exact) mass is 281 g/mol. The van der Waals surface area contributed by atoms with E-state index in [2.05, 4.69) is 22.3 Å². The molecule has 0 aliphatic carbocycles. The highest BCUT2D eigenvalue weighted by molar-refractivity contribution is 5.75. The van der Waals surface area contributed by atoms with Crippen LogP contribution in [-0.4, -0.2) is 27.2 Å². The van der Waals surface area contributed by atoms with Crippen molar-refractivity contribution in [3.05, 3.63) is 6.33 Å². The first kappa shape index (κ1) is 16.5. The third-order valence-electron chi connectivity index (χ3n) is 3.21. The van der Waals surface area contributed by atoms with E-state index >= 15 is 0 Å². The van der Waals surface area contributed by atoms with E-state index in [-0.39, 0.29) is 18.4 Å². The summed E-state index contributed by atoms with van der Waals surface area (Å²) < 4.78 is 1.44. The maximum Gasteiger partial charge on any atom is 0.241 e. The van der Waals surface area contributed by atoms with Gasteiger partial charge in [0.25, 0.3) is 0 Å². The number of nitrogen functional groups attached to an aromatic ring is 1. The molecule has 1 aromatic rings. The number of nitrogens with two attached hydrogens (primary N) is 1. The first-order chi connectivity index (χ1) is 9.72. The van der Waals surface area contributed by atoms with Gasteiger partial charge >= 0.3 is 0 Å². The number of unbranched alkanes of at least 4 members (excludes halogenated alkanes) is 7. The van der Waals surface area contributed by atoms with Crippen molar-refractivity contribution in [2.24, 2.45) is 0 Å². The van der Waals surface area contributed by atoms with Crippen molar-refractivity contribution < 1.29 is 4.79 Å².